The highest BCUT2D eigenvalue weighted by molar-refractivity contribution is 5.82. The summed E-state index contributed by atoms with van der Waals surface area (Å²) in [4.78, 5) is 15.1. The standard InChI is InChI=1S/C31H44FN3O3/c1-5-38-18-31-15-14-29(3,37)16-20(31)7-8-21-22-9-10-24(30(22,4)13-12-23(21)31)26(36)17-35-33-25-11-6-19(2)27(32)28(25)34-35/h6,11,20-24,37H,5,7-10,12-18H2,1-4H3/t20-,21+,22+,23+,24-,29-,30+,31-/m1/s1. The van der Waals surface area contributed by atoms with Crippen LogP contribution in [0.2, 0.25) is 0 Å². The number of rotatable bonds is 6. The third-order valence-electron chi connectivity index (χ3n) is 11.6. The van der Waals surface area contributed by atoms with Crippen molar-refractivity contribution in [3.8, 4) is 0 Å². The number of Topliss-reactive ketones (excluding diaryl/α,β-unsaturated/α-hetero) is 1. The first kappa shape index (κ1) is 26.4. The molecule has 0 amide bonds. The van der Waals surface area contributed by atoms with Gasteiger partial charge in [-0.3, -0.25) is 4.79 Å². The quantitative estimate of drug-likeness (QED) is 0.510. The van der Waals surface area contributed by atoms with Crippen LogP contribution in [0.15, 0.2) is 12.1 Å². The van der Waals surface area contributed by atoms with E-state index in [0.29, 0.717) is 34.8 Å². The third kappa shape index (κ3) is 4.06. The Morgan fingerprint density at radius 1 is 1.11 bits per heavy atom. The highest BCUT2D eigenvalue weighted by atomic mass is 19.1. The number of halogens is 1. The average Bonchev–Trinajstić information content (AvgIpc) is 3.45. The molecule has 0 bridgehead atoms. The Balaban J connectivity index is 1.22. The topological polar surface area (TPSA) is 77.2 Å². The lowest BCUT2D eigenvalue weighted by atomic mass is 9.43. The molecule has 8 atom stereocenters. The number of aliphatic hydroxyl groups is 1. The molecule has 4 fully saturated rings. The van der Waals surface area contributed by atoms with Gasteiger partial charge >= 0.3 is 0 Å². The van der Waals surface area contributed by atoms with Crippen LogP contribution in [0.5, 0.6) is 0 Å². The lowest BCUT2D eigenvalue weighted by Crippen LogP contribution is -2.58. The van der Waals surface area contributed by atoms with Crippen molar-refractivity contribution in [2.24, 2.45) is 40.4 Å². The van der Waals surface area contributed by atoms with Crippen molar-refractivity contribution < 1.29 is 19.0 Å². The second-order valence-corrected chi connectivity index (χ2v) is 13.7. The summed E-state index contributed by atoms with van der Waals surface area (Å²) in [6.45, 7) is 9.85. The molecule has 0 saturated heterocycles. The minimum absolute atomic E-state index is 0.00167. The highest BCUT2D eigenvalue weighted by Crippen LogP contribution is 2.68. The van der Waals surface area contributed by atoms with Crippen LogP contribution in [0.25, 0.3) is 11.0 Å². The summed E-state index contributed by atoms with van der Waals surface area (Å²) >= 11 is 0. The van der Waals surface area contributed by atoms with Crippen LogP contribution in [0, 0.1) is 53.2 Å². The van der Waals surface area contributed by atoms with Crippen LogP contribution in [0.3, 0.4) is 0 Å². The highest BCUT2D eigenvalue weighted by Gasteiger charge is 2.63. The molecule has 1 aromatic carbocycles. The van der Waals surface area contributed by atoms with Crippen molar-refractivity contribution >= 4 is 16.8 Å². The molecule has 0 spiro atoms. The van der Waals surface area contributed by atoms with E-state index in [1.165, 1.54) is 11.2 Å². The van der Waals surface area contributed by atoms with Crippen molar-refractivity contribution in [2.75, 3.05) is 13.2 Å². The van der Waals surface area contributed by atoms with Crippen molar-refractivity contribution in [1.82, 2.24) is 15.0 Å². The van der Waals surface area contributed by atoms with E-state index >= 15 is 0 Å². The fourth-order valence-corrected chi connectivity index (χ4v) is 9.75. The number of aromatic nitrogens is 3. The smallest absolute Gasteiger partial charge is 0.159 e. The van der Waals surface area contributed by atoms with E-state index < -0.39 is 5.60 Å². The van der Waals surface area contributed by atoms with E-state index in [2.05, 4.69) is 24.0 Å². The first-order valence-electron chi connectivity index (χ1n) is 14.9. The molecule has 1 heterocycles. The lowest BCUT2D eigenvalue weighted by Gasteiger charge is -2.62. The minimum Gasteiger partial charge on any atom is -0.390 e. The fraction of sp³-hybridized carbons (Fsp3) is 0.774. The van der Waals surface area contributed by atoms with Gasteiger partial charge in [0, 0.05) is 12.5 Å². The molecule has 6 nitrogen and oxygen atoms in total. The van der Waals surface area contributed by atoms with Gasteiger partial charge in [0.1, 0.15) is 17.6 Å². The molecule has 2 aromatic rings. The molecule has 208 valence electrons. The molecule has 7 heteroatoms. The number of carbonyl (C=O) groups excluding carboxylic acids is 1. The average molecular weight is 526 g/mol. The van der Waals surface area contributed by atoms with E-state index in [9.17, 15) is 14.3 Å². The number of hydrogen-bond donors (Lipinski definition) is 1. The number of carbonyl (C=O) groups is 1. The van der Waals surface area contributed by atoms with Crippen LogP contribution < -0.4 is 0 Å². The summed E-state index contributed by atoms with van der Waals surface area (Å²) in [5, 5.41) is 19.7. The van der Waals surface area contributed by atoms with Gasteiger partial charge in [-0.25, -0.2) is 4.39 Å². The Labute approximate surface area is 225 Å². The molecule has 4 aliphatic carbocycles. The first-order chi connectivity index (χ1) is 18.1. The lowest BCUT2D eigenvalue weighted by molar-refractivity contribution is -0.178. The summed E-state index contributed by atoms with van der Waals surface area (Å²) < 4.78 is 20.7. The van der Waals surface area contributed by atoms with Crippen molar-refractivity contribution in [1.29, 1.82) is 0 Å². The maximum Gasteiger partial charge on any atom is 0.159 e. The third-order valence-corrected chi connectivity index (χ3v) is 11.6. The number of hydrogen-bond acceptors (Lipinski definition) is 5. The van der Waals surface area contributed by atoms with Crippen LogP contribution in [0.1, 0.15) is 84.1 Å². The van der Waals surface area contributed by atoms with Gasteiger partial charge in [-0.2, -0.15) is 9.90 Å². The number of ketones is 1. The molecular weight excluding hydrogens is 481 g/mol. The Morgan fingerprint density at radius 3 is 2.71 bits per heavy atom. The van der Waals surface area contributed by atoms with Crippen molar-refractivity contribution in [3.05, 3.63) is 23.5 Å². The SMILES string of the molecule is CCOC[C@]12CC[C@@](C)(O)C[C@H]1CC[C@H]1[C@@H]3CC[C@H](C(=O)Cn4nc5ccc(C)c(F)c5n4)[C@@]3(C)CC[C@@H]12. The van der Waals surface area contributed by atoms with Crippen LogP contribution >= 0.6 is 0 Å². The molecule has 4 aliphatic rings. The van der Waals surface area contributed by atoms with Gasteiger partial charge < -0.3 is 9.84 Å². The van der Waals surface area contributed by atoms with Crippen LogP contribution in [0.4, 0.5) is 4.39 Å². The van der Waals surface area contributed by atoms with Crippen LogP contribution in [-0.2, 0) is 16.1 Å². The van der Waals surface area contributed by atoms with Gasteiger partial charge in [0.25, 0.3) is 0 Å². The number of aryl methyl sites for hydroxylation is 1. The fourth-order valence-electron chi connectivity index (χ4n) is 9.75. The molecule has 4 saturated carbocycles. The largest absolute Gasteiger partial charge is 0.390 e. The van der Waals surface area contributed by atoms with Gasteiger partial charge in [0.2, 0.25) is 0 Å². The van der Waals surface area contributed by atoms with Crippen molar-refractivity contribution in [2.45, 2.75) is 97.6 Å². The van der Waals surface area contributed by atoms with Crippen molar-refractivity contribution in [3.63, 3.8) is 0 Å². The zero-order chi connectivity index (χ0) is 26.9. The Bertz CT molecular complexity index is 1230. The number of fused-ring (bicyclic) bond motifs is 6. The summed E-state index contributed by atoms with van der Waals surface area (Å²) in [6.07, 6.45) is 9.38. The molecule has 0 aliphatic heterocycles. The molecule has 1 N–H and O–H groups in total. The summed E-state index contributed by atoms with van der Waals surface area (Å²) in [7, 11) is 0. The molecular formula is C31H44FN3O3. The van der Waals surface area contributed by atoms with Gasteiger partial charge in [0.15, 0.2) is 11.6 Å². The minimum atomic E-state index is -0.561. The number of ether oxygens (including phenoxy) is 1. The van der Waals surface area contributed by atoms with Gasteiger partial charge in [-0.1, -0.05) is 13.0 Å². The second-order valence-electron chi connectivity index (χ2n) is 13.7. The number of benzene rings is 1. The van der Waals surface area contributed by atoms with E-state index in [4.69, 9.17) is 4.74 Å². The van der Waals surface area contributed by atoms with E-state index in [0.717, 1.165) is 64.6 Å². The molecule has 6 rings (SSSR count). The monoisotopic (exact) mass is 525 g/mol. The Hall–Kier alpha value is -1.86. The maximum absolute atomic E-state index is 14.5. The van der Waals surface area contributed by atoms with Gasteiger partial charge in [-0.05, 0) is 125 Å². The normalized spacial score (nSPS) is 40.5. The zero-order valence-electron chi connectivity index (χ0n) is 23.5. The molecule has 0 radical (unpaired) electrons. The molecule has 1 aromatic heterocycles. The van der Waals surface area contributed by atoms with Crippen LogP contribution in [-0.4, -0.2) is 44.7 Å². The predicted octanol–water partition coefficient (Wildman–Crippen LogP) is 5.87. The van der Waals surface area contributed by atoms with E-state index in [1.54, 1.807) is 19.1 Å². The summed E-state index contributed by atoms with van der Waals surface area (Å²) in [5.41, 5.74) is 0.876. The number of nitrogens with zero attached hydrogens (tertiary/aromatic N) is 3. The second kappa shape index (κ2) is 9.36. The summed E-state index contributed by atoms with van der Waals surface area (Å²) in [6, 6.07) is 3.48. The summed E-state index contributed by atoms with van der Waals surface area (Å²) in [5.74, 6) is 2.13. The van der Waals surface area contributed by atoms with Gasteiger partial charge in [0.05, 0.1) is 12.2 Å². The first-order valence-corrected chi connectivity index (χ1v) is 14.9. The predicted molar refractivity (Wildman–Crippen MR) is 144 cm³/mol. The molecule has 0 unspecified atom stereocenters. The Kier molecular flexibility index (Phi) is 6.50. The Morgan fingerprint density at radius 2 is 1.92 bits per heavy atom. The van der Waals surface area contributed by atoms with E-state index in [1.807, 2.05) is 6.92 Å². The zero-order valence-corrected chi connectivity index (χ0v) is 23.5. The molecule has 38 heavy (non-hydrogen) atoms. The van der Waals surface area contributed by atoms with E-state index in [-0.39, 0.29) is 40.4 Å². The van der Waals surface area contributed by atoms with Gasteiger partial charge in [-0.15, -0.1) is 5.10 Å². The maximum atomic E-state index is 14.5.